The zero-order valence-corrected chi connectivity index (χ0v) is 16.7. The molecule has 0 unspecified atom stereocenters. The Morgan fingerprint density at radius 3 is 2.88 bits per heavy atom. The van der Waals surface area contributed by atoms with E-state index in [1.165, 1.54) is 30.2 Å². The van der Waals surface area contributed by atoms with Crippen LogP contribution >= 0.6 is 23.1 Å². The average molecular weight is 415 g/mol. The molecule has 0 atom stereocenters. The third-order valence-electron chi connectivity index (χ3n) is 3.01. The van der Waals surface area contributed by atoms with E-state index in [1.54, 1.807) is 30.3 Å². The van der Waals surface area contributed by atoms with Crippen LogP contribution in [0.1, 0.15) is 0 Å². The Kier molecular flexibility index (Phi) is 7.00. The Morgan fingerprint density at radius 1 is 1.46 bits per heavy atom. The normalized spacial score (nSPS) is 11.0. The monoisotopic (exact) mass is 414 g/mol. The van der Waals surface area contributed by atoms with Gasteiger partial charge in [0.25, 0.3) is 0 Å². The first kappa shape index (κ1) is 20.2. The van der Waals surface area contributed by atoms with Crippen molar-refractivity contribution in [2.75, 3.05) is 35.3 Å². The lowest BCUT2D eigenvalue weighted by molar-refractivity contribution is -0.114. The van der Waals surface area contributed by atoms with Crippen molar-refractivity contribution in [2.45, 2.75) is 4.34 Å². The molecule has 0 saturated heterocycles. The summed E-state index contributed by atoms with van der Waals surface area (Å²) in [6.45, 7) is 3.23. The number of ether oxygens (including phenoxy) is 1. The zero-order chi connectivity index (χ0) is 19.2. The van der Waals surface area contributed by atoms with Gasteiger partial charge in [-0.1, -0.05) is 35.2 Å². The minimum atomic E-state index is -3.67. The number of hydrogen-bond donors (Lipinski definition) is 1. The van der Waals surface area contributed by atoms with E-state index in [-0.39, 0.29) is 6.54 Å². The molecule has 2 aromatic rings. The van der Waals surface area contributed by atoms with Gasteiger partial charge in [0.1, 0.15) is 12.3 Å². The van der Waals surface area contributed by atoms with Gasteiger partial charge < -0.3 is 4.74 Å². The van der Waals surface area contributed by atoms with E-state index in [2.05, 4.69) is 22.1 Å². The number of nitrogens with one attached hydrogen (secondary N) is 1. The number of hydrogen-bond acceptors (Lipinski definition) is 8. The largest absolute Gasteiger partial charge is 0.497 e. The summed E-state index contributed by atoms with van der Waals surface area (Å²) in [5, 5.41) is 10.7. The molecule has 0 spiro atoms. The van der Waals surface area contributed by atoms with Gasteiger partial charge in [0.05, 0.1) is 19.1 Å². The summed E-state index contributed by atoms with van der Waals surface area (Å²) < 4.78 is 31.0. The molecule has 1 aromatic carbocycles. The van der Waals surface area contributed by atoms with Gasteiger partial charge in [-0.15, -0.1) is 16.8 Å². The molecule has 1 aromatic heterocycles. The van der Waals surface area contributed by atoms with Crippen molar-refractivity contribution in [3.8, 4) is 5.75 Å². The molecule has 0 aliphatic rings. The fourth-order valence-corrected chi connectivity index (χ4v) is 4.28. The molecular weight excluding hydrogens is 396 g/mol. The van der Waals surface area contributed by atoms with Crippen molar-refractivity contribution < 1.29 is 17.9 Å². The molecule has 0 fully saturated rings. The van der Waals surface area contributed by atoms with Gasteiger partial charge in [0.2, 0.25) is 21.1 Å². The quantitative estimate of drug-likeness (QED) is 0.381. The van der Waals surface area contributed by atoms with Crippen LogP contribution in [0, 0.1) is 0 Å². The number of sulfonamides is 1. The molecule has 26 heavy (non-hydrogen) atoms. The van der Waals surface area contributed by atoms with E-state index in [9.17, 15) is 13.2 Å². The van der Waals surface area contributed by atoms with Crippen LogP contribution in [-0.4, -0.2) is 50.2 Å². The number of thioether (sulfide) groups is 1. The first-order chi connectivity index (χ1) is 12.3. The maximum absolute atomic E-state index is 12.3. The Bertz CT molecular complexity index is 883. The van der Waals surface area contributed by atoms with Crippen molar-refractivity contribution >= 4 is 49.8 Å². The summed E-state index contributed by atoms with van der Waals surface area (Å²) in [6.07, 6.45) is 2.77. The van der Waals surface area contributed by atoms with Crippen LogP contribution in [0.4, 0.5) is 10.8 Å². The number of aromatic nitrogens is 2. The highest BCUT2D eigenvalue weighted by Gasteiger charge is 2.22. The van der Waals surface area contributed by atoms with Gasteiger partial charge in [-0.2, -0.15) is 0 Å². The van der Waals surface area contributed by atoms with E-state index in [0.717, 1.165) is 10.6 Å². The second-order valence-electron chi connectivity index (χ2n) is 4.99. The molecule has 0 bridgehead atoms. The zero-order valence-electron chi connectivity index (χ0n) is 14.2. The first-order valence-corrected chi connectivity index (χ1v) is 11.0. The summed E-state index contributed by atoms with van der Waals surface area (Å²) >= 11 is 2.65. The third-order valence-corrected chi connectivity index (χ3v) is 6.11. The van der Waals surface area contributed by atoms with Crippen molar-refractivity contribution in [2.24, 2.45) is 0 Å². The predicted molar refractivity (Wildman–Crippen MR) is 105 cm³/mol. The summed E-state index contributed by atoms with van der Waals surface area (Å²) in [5.74, 6) is 0.652. The van der Waals surface area contributed by atoms with Crippen molar-refractivity contribution in [1.29, 1.82) is 0 Å². The third kappa shape index (κ3) is 5.71. The molecule has 1 N–H and O–H groups in total. The van der Waals surface area contributed by atoms with E-state index < -0.39 is 15.9 Å². The Balaban J connectivity index is 2.11. The van der Waals surface area contributed by atoms with Crippen LogP contribution in [0.2, 0.25) is 0 Å². The lowest BCUT2D eigenvalue weighted by Gasteiger charge is -2.21. The smallest absolute Gasteiger partial charge is 0.246 e. The van der Waals surface area contributed by atoms with E-state index >= 15 is 0 Å². The van der Waals surface area contributed by atoms with Crippen LogP contribution < -0.4 is 14.4 Å². The number of benzene rings is 1. The molecule has 8 nitrogen and oxygen atoms in total. The molecule has 140 valence electrons. The Morgan fingerprint density at radius 2 is 2.23 bits per heavy atom. The number of carbonyl (C=O) groups is 1. The van der Waals surface area contributed by atoms with E-state index in [0.29, 0.717) is 26.7 Å². The van der Waals surface area contributed by atoms with Crippen molar-refractivity contribution in [3.63, 3.8) is 0 Å². The average Bonchev–Trinajstić information content (AvgIpc) is 3.04. The number of amides is 1. The highest BCUT2D eigenvalue weighted by Crippen LogP contribution is 2.26. The van der Waals surface area contributed by atoms with Gasteiger partial charge in [0.15, 0.2) is 4.34 Å². The molecule has 0 aliphatic heterocycles. The second-order valence-corrected chi connectivity index (χ2v) is 9.14. The molecule has 11 heteroatoms. The second kappa shape index (κ2) is 9.01. The summed E-state index contributed by atoms with van der Waals surface area (Å²) in [7, 11) is -2.19. The Hall–Kier alpha value is -2.11. The molecule has 0 aliphatic carbocycles. The maximum Gasteiger partial charge on any atom is 0.246 e. The predicted octanol–water partition coefficient (Wildman–Crippen LogP) is 2.23. The van der Waals surface area contributed by atoms with Gasteiger partial charge in [-0.05, 0) is 12.1 Å². The first-order valence-electron chi connectivity index (χ1n) is 7.32. The highest BCUT2D eigenvalue weighted by molar-refractivity contribution is 8.01. The lowest BCUT2D eigenvalue weighted by atomic mass is 10.3. The fraction of sp³-hybridized carbons (Fsp3) is 0.267. The molecule has 1 amide bonds. The molecule has 0 saturated carbocycles. The molecule has 0 radical (unpaired) electrons. The molecule has 1 heterocycles. The van der Waals surface area contributed by atoms with Gasteiger partial charge in [0, 0.05) is 11.8 Å². The van der Waals surface area contributed by atoms with Crippen LogP contribution in [0.5, 0.6) is 5.75 Å². The van der Waals surface area contributed by atoms with Gasteiger partial charge in [-0.25, -0.2) is 8.42 Å². The number of anilines is 2. The van der Waals surface area contributed by atoms with Crippen LogP contribution in [0.15, 0.2) is 41.3 Å². The summed E-state index contributed by atoms with van der Waals surface area (Å²) in [4.78, 5) is 12.3. The van der Waals surface area contributed by atoms with Crippen molar-refractivity contribution in [3.05, 3.63) is 36.9 Å². The van der Waals surface area contributed by atoms with Crippen LogP contribution in [0.3, 0.4) is 0 Å². The number of carbonyl (C=O) groups excluding carboxylic acids is 1. The van der Waals surface area contributed by atoms with Crippen molar-refractivity contribution in [1.82, 2.24) is 10.2 Å². The van der Waals surface area contributed by atoms with E-state index in [4.69, 9.17) is 4.74 Å². The number of rotatable bonds is 9. The standard InChI is InChI=1S/C15H18N4O4S3/c1-4-8-24-15-18-17-14(25-15)16-13(20)10-19(26(3,21)22)11-6-5-7-12(9-11)23-2/h4-7,9H,1,8,10H2,2-3H3,(H,16,17,20). The van der Waals surface area contributed by atoms with Crippen LogP contribution in [0.25, 0.3) is 0 Å². The SMILES string of the molecule is C=CCSc1nnc(NC(=O)CN(c2cccc(OC)c2)S(C)(=O)=O)s1. The summed E-state index contributed by atoms with van der Waals surface area (Å²) in [6, 6.07) is 6.47. The van der Waals surface area contributed by atoms with Gasteiger partial charge >= 0.3 is 0 Å². The number of nitrogens with zero attached hydrogens (tertiary/aromatic N) is 3. The lowest BCUT2D eigenvalue weighted by Crippen LogP contribution is -2.37. The fourth-order valence-electron chi connectivity index (χ4n) is 1.90. The minimum absolute atomic E-state index is 0.306. The highest BCUT2D eigenvalue weighted by atomic mass is 32.2. The van der Waals surface area contributed by atoms with E-state index in [1.807, 2.05) is 0 Å². The summed E-state index contributed by atoms with van der Waals surface area (Å²) in [5.41, 5.74) is 0.335. The molecular formula is C15H18N4O4S3. The maximum atomic E-state index is 12.3. The van der Waals surface area contributed by atoms with Gasteiger partial charge in [-0.3, -0.25) is 14.4 Å². The number of methoxy groups -OCH3 is 1. The minimum Gasteiger partial charge on any atom is -0.497 e. The topological polar surface area (TPSA) is 101 Å². The molecule has 2 rings (SSSR count). The Labute approximate surface area is 160 Å². The van der Waals surface area contributed by atoms with Crippen LogP contribution in [-0.2, 0) is 14.8 Å².